The van der Waals surface area contributed by atoms with Gasteiger partial charge in [-0.15, -0.1) is 11.8 Å². The van der Waals surface area contributed by atoms with Crippen LogP contribution in [0.2, 0.25) is 0 Å². The van der Waals surface area contributed by atoms with E-state index in [1.165, 1.54) is 11.1 Å². The Morgan fingerprint density at radius 3 is 2.68 bits per heavy atom. The molecule has 0 atom stereocenters. The highest BCUT2D eigenvalue weighted by Gasteiger charge is 2.04. The summed E-state index contributed by atoms with van der Waals surface area (Å²) in [6.07, 6.45) is 0. The zero-order valence-corrected chi connectivity index (χ0v) is 14.0. The van der Waals surface area contributed by atoms with Gasteiger partial charge in [0, 0.05) is 11.4 Å². The summed E-state index contributed by atoms with van der Waals surface area (Å²) < 4.78 is 5.17. The smallest absolute Gasteiger partial charge is 0.230 e. The number of carbonyl (C=O) groups excluding carboxylic acids is 1. The SMILES string of the molecule is COc1cccc(CNC(=O)CSc2ccc(C)c(C)c2)c1. The van der Waals surface area contributed by atoms with Gasteiger partial charge >= 0.3 is 0 Å². The number of amides is 1. The van der Waals surface area contributed by atoms with Gasteiger partial charge in [-0.25, -0.2) is 0 Å². The van der Waals surface area contributed by atoms with Gasteiger partial charge in [-0.1, -0.05) is 18.2 Å². The number of methoxy groups -OCH3 is 1. The molecule has 2 rings (SSSR count). The van der Waals surface area contributed by atoms with E-state index in [1.807, 2.05) is 24.3 Å². The molecular formula is C18H21NO2S. The Labute approximate surface area is 136 Å². The molecule has 0 saturated heterocycles. The van der Waals surface area contributed by atoms with Crippen LogP contribution in [-0.4, -0.2) is 18.8 Å². The molecule has 0 aliphatic carbocycles. The average Bonchev–Trinajstić information content (AvgIpc) is 2.54. The van der Waals surface area contributed by atoms with E-state index in [-0.39, 0.29) is 5.91 Å². The monoisotopic (exact) mass is 315 g/mol. The molecule has 0 spiro atoms. The molecule has 0 unspecified atom stereocenters. The Bertz CT molecular complexity index is 655. The van der Waals surface area contributed by atoms with Gasteiger partial charge in [0.05, 0.1) is 12.9 Å². The molecule has 1 N–H and O–H groups in total. The number of thioether (sulfide) groups is 1. The van der Waals surface area contributed by atoms with Crippen LogP contribution in [0.25, 0.3) is 0 Å². The van der Waals surface area contributed by atoms with Crippen molar-refractivity contribution in [1.29, 1.82) is 0 Å². The first kappa shape index (κ1) is 16.4. The number of hydrogen-bond donors (Lipinski definition) is 1. The van der Waals surface area contributed by atoms with E-state index in [2.05, 4.69) is 37.4 Å². The van der Waals surface area contributed by atoms with Gasteiger partial charge in [0.2, 0.25) is 5.91 Å². The van der Waals surface area contributed by atoms with Crippen molar-refractivity contribution in [3.8, 4) is 5.75 Å². The fourth-order valence-corrected chi connectivity index (χ4v) is 2.81. The van der Waals surface area contributed by atoms with E-state index < -0.39 is 0 Å². The number of benzene rings is 2. The van der Waals surface area contributed by atoms with Gasteiger partial charge in [0.15, 0.2) is 0 Å². The highest BCUT2D eigenvalue weighted by molar-refractivity contribution is 8.00. The van der Waals surface area contributed by atoms with Gasteiger partial charge in [0.1, 0.15) is 5.75 Å². The third-order valence-corrected chi connectivity index (χ3v) is 4.47. The molecule has 0 saturated carbocycles. The lowest BCUT2D eigenvalue weighted by Crippen LogP contribution is -2.24. The van der Waals surface area contributed by atoms with Crippen molar-refractivity contribution in [2.45, 2.75) is 25.3 Å². The van der Waals surface area contributed by atoms with Crippen LogP contribution >= 0.6 is 11.8 Å². The largest absolute Gasteiger partial charge is 0.497 e. The van der Waals surface area contributed by atoms with E-state index in [4.69, 9.17) is 4.74 Å². The highest BCUT2D eigenvalue weighted by atomic mass is 32.2. The summed E-state index contributed by atoms with van der Waals surface area (Å²) in [4.78, 5) is 13.1. The van der Waals surface area contributed by atoms with Crippen LogP contribution in [-0.2, 0) is 11.3 Å². The molecule has 0 radical (unpaired) electrons. The van der Waals surface area contributed by atoms with E-state index in [0.717, 1.165) is 16.2 Å². The van der Waals surface area contributed by atoms with E-state index in [1.54, 1.807) is 18.9 Å². The lowest BCUT2D eigenvalue weighted by atomic mass is 10.1. The van der Waals surface area contributed by atoms with Gasteiger partial charge < -0.3 is 10.1 Å². The van der Waals surface area contributed by atoms with Crippen molar-refractivity contribution in [3.05, 3.63) is 59.2 Å². The number of carbonyl (C=O) groups is 1. The van der Waals surface area contributed by atoms with Crippen LogP contribution in [0.15, 0.2) is 47.4 Å². The topological polar surface area (TPSA) is 38.3 Å². The highest BCUT2D eigenvalue weighted by Crippen LogP contribution is 2.20. The molecule has 0 aliphatic rings. The molecule has 1 amide bonds. The Morgan fingerprint density at radius 1 is 1.14 bits per heavy atom. The van der Waals surface area contributed by atoms with Crippen LogP contribution in [0.1, 0.15) is 16.7 Å². The number of ether oxygens (including phenoxy) is 1. The van der Waals surface area contributed by atoms with Gasteiger partial charge in [-0.2, -0.15) is 0 Å². The summed E-state index contributed by atoms with van der Waals surface area (Å²) in [5.41, 5.74) is 3.55. The minimum Gasteiger partial charge on any atom is -0.497 e. The maximum atomic E-state index is 11.9. The molecular weight excluding hydrogens is 294 g/mol. The number of aryl methyl sites for hydroxylation is 2. The molecule has 0 fully saturated rings. The predicted molar refractivity (Wildman–Crippen MR) is 91.5 cm³/mol. The van der Waals surface area contributed by atoms with Crippen LogP contribution < -0.4 is 10.1 Å². The van der Waals surface area contributed by atoms with E-state index in [9.17, 15) is 4.79 Å². The van der Waals surface area contributed by atoms with Gasteiger partial charge in [-0.05, 0) is 54.8 Å². The fourth-order valence-electron chi connectivity index (χ4n) is 1.99. The van der Waals surface area contributed by atoms with Gasteiger partial charge in [-0.3, -0.25) is 4.79 Å². The van der Waals surface area contributed by atoms with Crippen molar-refractivity contribution < 1.29 is 9.53 Å². The zero-order valence-electron chi connectivity index (χ0n) is 13.2. The molecule has 2 aromatic carbocycles. The molecule has 0 bridgehead atoms. The number of nitrogens with one attached hydrogen (secondary N) is 1. The first-order valence-corrected chi connectivity index (χ1v) is 8.16. The summed E-state index contributed by atoms with van der Waals surface area (Å²) in [5.74, 6) is 1.26. The Hall–Kier alpha value is -1.94. The summed E-state index contributed by atoms with van der Waals surface area (Å²) in [5, 5.41) is 2.93. The fraction of sp³-hybridized carbons (Fsp3) is 0.278. The zero-order chi connectivity index (χ0) is 15.9. The number of rotatable bonds is 6. The Balaban J connectivity index is 1.81. The molecule has 116 valence electrons. The summed E-state index contributed by atoms with van der Waals surface area (Å²) in [6, 6.07) is 14.0. The first-order chi connectivity index (χ1) is 10.6. The lowest BCUT2D eigenvalue weighted by Gasteiger charge is -2.08. The van der Waals surface area contributed by atoms with Crippen molar-refractivity contribution in [2.24, 2.45) is 0 Å². The molecule has 3 nitrogen and oxygen atoms in total. The second-order valence-corrected chi connectivity index (χ2v) is 6.21. The quantitative estimate of drug-likeness (QED) is 0.826. The minimum atomic E-state index is 0.0334. The summed E-state index contributed by atoms with van der Waals surface area (Å²) >= 11 is 1.56. The van der Waals surface area contributed by atoms with Gasteiger partial charge in [0.25, 0.3) is 0 Å². The van der Waals surface area contributed by atoms with E-state index >= 15 is 0 Å². The average molecular weight is 315 g/mol. The molecule has 22 heavy (non-hydrogen) atoms. The van der Waals surface area contributed by atoms with Crippen LogP contribution in [0.4, 0.5) is 0 Å². The van der Waals surface area contributed by atoms with Crippen molar-refractivity contribution >= 4 is 17.7 Å². The standard InChI is InChI=1S/C18H21NO2S/c1-13-7-8-17(9-14(13)2)22-12-18(20)19-11-15-5-4-6-16(10-15)21-3/h4-10H,11-12H2,1-3H3,(H,19,20). The molecule has 0 aromatic heterocycles. The molecule has 0 aliphatic heterocycles. The maximum absolute atomic E-state index is 11.9. The molecule has 0 heterocycles. The second-order valence-electron chi connectivity index (χ2n) is 5.16. The molecule has 4 heteroatoms. The van der Waals surface area contributed by atoms with Crippen molar-refractivity contribution in [2.75, 3.05) is 12.9 Å². The maximum Gasteiger partial charge on any atom is 0.230 e. The summed E-state index contributed by atoms with van der Waals surface area (Å²) in [6.45, 7) is 4.69. The van der Waals surface area contributed by atoms with Crippen molar-refractivity contribution in [1.82, 2.24) is 5.32 Å². The minimum absolute atomic E-state index is 0.0334. The normalized spacial score (nSPS) is 10.3. The van der Waals surface area contributed by atoms with Crippen molar-refractivity contribution in [3.63, 3.8) is 0 Å². The lowest BCUT2D eigenvalue weighted by molar-refractivity contribution is -0.118. The Morgan fingerprint density at radius 2 is 1.95 bits per heavy atom. The first-order valence-electron chi connectivity index (χ1n) is 7.18. The predicted octanol–water partition coefficient (Wildman–Crippen LogP) is 3.72. The number of hydrogen-bond acceptors (Lipinski definition) is 3. The third-order valence-electron chi connectivity index (χ3n) is 3.47. The van der Waals surface area contributed by atoms with Crippen LogP contribution in [0.5, 0.6) is 5.75 Å². The van der Waals surface area contributed by atoms with E-state index in [0.29, 0.717) is 12.3 Å². The molecule has 2 aromatic rings. The van der Waals surface area contributed by atoms with Crippen LogP contribution in [0.3, 0.4) is 0 Å². The summed E-state index contributed by atoms with van der Waals surface area (Å²) in [7, 11) is 1.64. The Kier molecular flexibility index (Phi) is 5.90. The third kappa shape index (κ3) is 4.81. The second kappa shape index (κ2) is 7.90. The van der Waals surface area contributed by atoms with Crippen LogP contribution in [0, 0.1) is 13.8 Å².